The molecule has 0 saturated heterocycles. The van der Waals surface area contributed by atoms with Crippen LogP contribution in [0.4, 0.5) is 0 Å². The number of hydrogen-bond acceptors (Lipinski definition) is 2. The van der Waals surface area contributed by atoms with Gasteiger partial charge in [-0.3, -0.25) is 4.79 Å². The lowest BCUT2D eigenvalue weighted by atomic mass is 9.46. The van der Waals surface area contributed by atoms with Gasteiger partial charge in [0, 0.05) is 0 Å². The van der Waals surface area contributed by atoms with E-state index in [4.69, 9.17) is 0 Å². The zero-order chi connectivity index (χ0) is 12.3. The third-order valence-electron chi connectivity index (χ3n) is 5.87. The van der Waals surface area contributed by atoms with E-state index in [9.17, 15) is 9.90 Å². The fraction of sp³-hybridized carbons (Fsp3) is 0.929. The molecule has 96 valence electrons. The second kappa shape index (κ2) is 3.66. The molecule has 0 aromatic rings. The van der Waals surface area contributed by atoms with Crippen LogP contribution in [0.1, 0.15) is 45.4 Å². The average Bonchev–Trinajstić information content (AvgIpc) is 2.25. The molecule has 0 amide bonds. The Morgan fingerprint density at radius 3 is 1.88 bits per heavy atom. The standard InChI is InChI=1S/C14H22O2S/c1-13(17-2,12(15)16)14-6-9-3-10(7-14)5-11(4-9)8-14/h9-11H,3-8H2,1-2H3,(H,15,16). The van der Waals surface area contributed by atoms with Crippen LogP contribution in [0.2, 0.25) is 0 Å². The molecule has 1 atom stereocenters. The molecule has 1 unspecified atom stereocenters. The maximum atomic E-state index is 11.7. The number of aliphatic carboxylic acids is 1. The van der Waals surface area contributed by atoms with Crippen LogP contribution < -0.4 is 0 Å². The van der Waals surface area contributed by atoms with Gasteiger partial charge >= 0.3 is 5.97 Å². The van der Waals surface area contributed by atoms with Crippen molar-refractivity contribution in [1.82, 2.24) is 0 Å². The molecule has 3 heteroatoms. The Hall–Kier alpha value is -0.180. The molecule has 0 aliphatic heterocycles. The molecule has 4 bridgehead atoms. The van der Waals surface area contributed by atoms with E-state index in [1.54, 1.807) is 11.8 Å². The number of carbonyl (C=O) groups is 1. The minimum absolute atomic E-state index is 0.0903. The molecule has 2 nitrogen and oxygen atoms in total. The Kier molecular flexibility index (Phi) is 2.56. The van der Waals surface area contributed by atoms with E-state index in [0.29, 0.717) is 0 Å². The van der Waals surface area contributed by atoms with Crippen molar-refractivity contribution in [2.24, 2.45) is 23.2 Å². The topological polar surface area (TPSA) is 37.3 Å². The van der Waals surface area contributed by atoms with Crippen molar-refractivity contribution in [3.8, 4) is 0 Å². The molecule has 1 N–H and O–H groups in total. The number of hydrogen-bond donors (Lipinski definition) is 1. The summed E-state index contributed by atoms with van der Waals surface area (Å²) in [6, 6.07) is 0. The summed E-state index contributed by atoms with van der Waals surface area (Å²) in [5, 5.41) is 9.67. The summed E-state index contributed by atoms with van der Waals surface area (Å²) >= 11 is 1.57. The van der Waals surface area contributed by atoms with Gasteiger partial charge in [0.1, 0.15) is 4.75 Å². The summed E-state index contributed by atoms with van der Waals surface area (Å²) in [5.74, 6) is 1.89. The molecule has 4 aliphatic rings. The molecule has 4 aliphatic carbocycles. The Labute approximate surface area is 108 Å². The van der Waals surface area contributed by atoms with Crippen molar-refractivity contribution in [2.75, 3.05) is 6.26 Å². The van der Waals surface area contributed by atoms with Crippen LogP contribution in [0.15, 0.2) is 0 Å². The number of rotatable bonds is 3. The minimum Gasteiger partial charge on any atom is -0.480 e. The van der Waals surface area contributed by atoms with Gasteiger partial charge in [0.25, 0.3) is 0 Å². The quantitative estimate of drug-likeness (QED) is 0.838. The van der Waals surface area contributed by atoms with Crippen molar-refractivity contribution in [3.63, 3.8) is 0 Å². The highest BCUT2D eigenvalue weighted by molar-refractivity contribution is 8.00. The number of carboxylic acids is 1. The van der Waals surface area contributed by atoms with E-state index in [0.717, 1.165) is 17.8 Å². The molecule has 0 aromatic carbocycles. The second-order valence-corrected chi connectivity index (χ2v) is 7.97. The summed E-state index contributed by atoms with van der Waals surface area (Å²) in [5.41, 5.74) is 0.0903. The van der Waals surface area contributed by atoms with E-state index in [2.05, 4.69) is 0 Å². The first-order valence-electron chi connectivity index (χ1n) is 6.77. The van der Waals surface area contributed by atoms with Crippen LogP contribution in [0.5, 0.6) is 0 Å². The van der Waals surface area contributed by atoms with Gasteiger partial charge in [0.05, 0.1) is 0 Å². The normalized spacial score (nSPS) is 46.8. The molecule has 4 saturated carbocycles. The van der Waals surface area contributed by atoms with E-state index in [-0.39, 0.29) is 5.41 Å². The highest BCUT2D eigenvalue weighted by Crippen LogP contribution is 2.65. The third-order valence-corrected chi connectivity index (χ3v) is 7.29. The monoisotopic (exact) mass is 254 g/mol. The van der Waals surface area contributed by atoms with E-state index < -0.39 is 10.7 Å². The summed E-state index contributed by atoms with van der Waals surface area (Å²) in [6.07, 6.45) is 9.62. The van der Waals surface area contributed by atoms with Crippen molar-refractivity contribution >= 4 is 17.7 Å². The maximum Gasteiger partial charge on any atom is 0.320 e. The predicted octanol–water partition coefficient (Wildman–Crippen LogP) is 3.41. The van der Waals surface area contributed by atoms with Gasteiger partial charge in [-0.05, 0) is 74.9 Å². The van der Waals surface area contributed by atoms with E-state index in [1.807, 2.05) is 13.2 Å². The highest BCUT2D eigenvalue weighted by Gasteiger charge is 2.61. The van der Waals surface area contributed by atoms with Crippen LogP contribution in [0.3, 0.4) is 0 Å². The molecule has 4 rings (SSSR count). The first-order chi connectivity index (χ1) is 7.99. The fourth-order valence-corrected chi connectivity index (χ4v) is 6.08. The Morgan fingerprint density at radius 1 is 1.18 bits per heavy atom. The minimum atomic E-state index is -0.591. The van der Waals surface area contributed by atoms with Crippen molar-refractivity contribution in [3.05, 3.63) is 0 Å². The first kappa shape index (κ1) is 11.9. The zero-order valence-electron chi connectivity index (χ0n) is 10.7. The SMILES string of the molecule is CSC(C)(C(=O)O)C12CC3CC(CC(C3)C1)C2. The lowest BCUT2D eigenvalue weighted by Gasteiger charge is -2.61. The van der Waals surface area contributed by atoms with Crippen LogP contribution in [-0.2, 0) is 4.79 Å². The molecule has 0 radical (unpaired) electrons. The second-order valence-electron chi connectivity index (χ2n) is 6.74. The lowest BCUT2D eigenvalue weighted by molar-refractivity contribution is -0.151. The van der Waals surface area contributed by atoms with E-state index >= 15 is 0 Å². The molecule has 0 spiro atoms. The Balaban J connectivity index is 1.98. The summed E-state index contributed by atoms with van der Waals surface area (Å²) in [4.78, 5) is 11.7. The molecular weight excluding hydrogens is 232 g/mol. The van der Waals surface area contributed by atoms with Crippen LogP contribution in [-0.4, -0.2) is 22.1 Å². The van der Waals surface area contributed by atoms with Gasteiger partial charge < -0.3 is 5.11 Å². The molecular formula is C14H22O2S. The predicted molar refractivity (Wildman–Crippen MR) is 70.2 cm³/mol. The van der Waals surface area contributed by atoms with Crippen LogP contribution in [0.25, 0.3) is 0 Å². The number of thioether (sulfide) groups is 1. The van der Waals surface area contributed by atoms with Gasteiger partial charge in [0.15, 0.2) is 0 Å². The Morgan fingerprint density at radius 2 is 1.59 bits per heavy atom. The fourth-order valence-electron chi connectivity index (χ4n) is 5.23. The molecule has 0 aromatic heterocycles. The van der Waals surface area contributed by atoms with Crippen LogP contribution in [0, 0.1) is 23.2 Å². The summed E-state index contributed by atoms with van der Waals surface area (Å²) in [7, 11) is 0. The smallest absolute Gasteiger partial charge is 0.320 e. The third kappa shape index (κ3) is 1.50. The Bertz CT molecular complexity index is 317. The van der Waals surface area contributed by atoms with Gasteiger partial charge in [0.2, 0.25) is 0 Å². The van der Waals surface area contributed by atoms with Gasteiger partial charge in [-0.25, -0.2) is 0 Å². The van der Waals surface area contributed by atoms with Crippen molar-refractivity contribution < 1.29 is 9.90 Å². The van der Waals surface area contributed by atoms with Crippen molar-refractivity contribution in [2.45, 2.75) is 50.2 Å². The first-order valence-corrected chi connectivity index (χ1v) is 8.00. The largest absolute Gasteiger partial charge is 0.480 e. The highest BCUT2D eigenvalue weighted by atomic mass is 32.2. The van der Waals surface area contributed by atoms with Gasteiger partial charge in [-0.2, -0.15) is 0 Å². The molecule has 0 heterocycles. The summed E-state index contributed by atoms with van der Waals surface area (Å²) in [6.45, 7) is 1.98. The van der Waals surface area contributed by atoms with Crippen molar-refractivity contribution in [1.29, 1.82) is 0 Å². The molecule has 17 heavy (non-hydrogen) atoms. The van der Waals surface area contributed by atoms with Gasteiger partial charge in [-0.15, -0.1) is 11.8 Å². The summed E-state index contributed by atoms with van der Waals surface area (Å²) < 4.78 is -0.566. The number of carboxylic acid groups (broad SMARTS) is 1. The van der Waals surface area contributed by atoms with E-state index in [1.165, 1.54) is 38.5 Å². The maximum absolute atomic E-state index is 11.7. The lowest BCUT2D eigenvalue weighted by Crippen LogP contribution is -2.58. The van der Waals surface area contributed by atoms with Gasteiger partial charge in [-0.1, -0.05) is 0 Å². The average molecular weight is 254 g/mol. The zero-order valence-corrected chi connectivity index (χ0v) is 11.6. The van der Waals surface area contributed by atoms with Crippen LogP contribution >= 0.6 is 11.8 Å². The molecule has 4 fully saturated rings.